The maximum atomic E-state index is 12.9. The number of likely N-dealkylation sites (N-methyl/N-ethyl adjacent to an activating group) is 1. The number of thiocarbonyl (C=S) groups is 1. The maximum absolute atomic E-state index is 12.9. The Morgan fingerprint density at radius 3 is 2.50 bits per heavy atom. The highest BCUT2D eigenvalue weighted by molar-refractivity contribution is 8.26. The van der Waals surface area contributed by atoms with Crippen LogP contribution in [0.5, 0.6) is 0 Å². The average molecular weight is 475 g/mol. The molecule has 0 aliphatic carbocycles. The molecule has 0 atom stereocenters. The molecular formula is C22H26N4O4S2. The molecule has 32 heavy (non-hydrogen) atoms. The number of hydrogen-bond acceptors (Lipinski definition) is 8. The van der Waals surface area contributed by atoms with Crippen LogP contribution in [0.15, 0.2) is 9.70 Å². The number of carbonyl (C=O) groups is 2. The number of nitrogens with zero attached hydrogens (tertiary/aromatic N) is 4. The number of rotatable bonds is 5. The second kappa shape index (κ2) is 9.88. The summed E-state index contributed by atoms with van der Waals surface area (Å²) in [6, 6.07) is 2.01. The molecule has 170 valence electrons. The van der Waals surface area contributed by atoms with Gasteiger partial charge in [-0.15, -0.1) is 0 Å². The topological polar surface area (TPSA) is 95.6 Å². The number of pyridine rings is 1. The first-order valence-electron chi connectivity index (χ1n) is 10.6. The van der Waals surface area contributed by atoms with Gasteiger partial charge in [-0.05, 0) is 45.3 Å². The van der Waals surface area contributed by atoms with Gasteiger partial charge in [0.2, 0.25) is 0 Å². The summed E-state index contributed by atoms with van der Waals surface area (Å²) in [6.45, 7) is 7.31. The van der Waals surface area contributed by atoms with Crippen molar-refractivity contribution in [1.82, 2.24) is 9.47 Å². The summed E-state index contributed by atoms with van der Waals surface area (Å²) in [5, 5.41) is 9.58. The minimum atomic E-state index is -0.384. The van der Waals surface area contributed by atoms with Crippen LogP contribution in [0.3, 0.4) is 0 Å². The summed E-state index contributed by atoms with van der Waals surface area (Å²) in [6.07, 6.45) is 2.93. The number of hydrogen-bond donors (Lipinski definition) is 0. The maximum Gasteiger partial charge on any atom is 0.309 e. The van der Waals surface area contributed by atoms with Crippen LogP contribution in [-0.4, -0.2) is 51.9 Å². The van der Waals surface area contributed by atoms with Gasteiger partial charge in [-0.1, -0.05) is 24.0 Å². The second-order valence-electron chi connectivity index (χ2n) is 7.65. The predicted molar refractivity (Wildman–Crippen MR) is 128 cm³/mol. The Morgan fingerprint density at radius 2 is 1.97 bits per heavy atom. The van der Waals surface area contributed by atoms with Gasteiger partial charge in [0.25, 0.3) is 11.5 Å². The van der Waals surface area contributed by atoms with E-state index in [1.54, 1.807) is 27.0 Å². The Kier molecular flexibility index (Phi) is 7.41. The Hall–Kier alpha value is -2.64. The number of amides is 1. The van der Waals surface area contributed by atoms with Gasteiger partial charge in [0.05, 0.1) is 17.4 Å². The van der Waals surface area contributed by atoms with Crippen molar-refractivity contribution in [2.24, 2.45) is 13.0 Å². The molecule has 2 fully saturated rings. The molecule has 8 nitrogen and oxygen atoms in total. The highest BCUT2D eigenvalue weighted by Crippen LogP contribution is 2.36. The molecule has 1 amide bonds. The minimum absolute atomic E-state index is 0.0508. The Balaban J connectivity index is 2.06. The highest BCUT2D eigenvalue weighted by Gasteiger charge is 2.33. The van der Waals surface area contributed by atoms with E-state index in [9.17, 15) is 19.6 Å². The molecule has 0 spiro atoms. The predicted octanol–water partition coefficient (Wildman–Crippen LogP) is 2.57. The zero-order valence-corrected chi connectivity index (χ0v) is 20.3. The third-order valence-corrected chi connectivity index (χ3v) is 7.23. The average Bonchev–Trinajstić information content (AvgIpc) is 3.05. The SMILES string of the molecule is CCOC(=O)C1CCN(c2c(/C=C3\SC(=S)N(CC)C3=O)c(C)c(C#N)c(=O)n2C)CC1. The van der Waals surface area contributed by atoms with Gasteiger partial charge >= 0.3 is 5.97 Å². The molecule has 0 aromatic carbocycles. The van der Waals surface area contributed by atoms with Crippen LogP contribution in [-0.2, 0) is 21.4 Å². The summed E-state index contributed by atoms with van der Waals surface area (Å²) >= 11 is 6.54. The minimum Gasteiger partial charge on any atom is -0.466 e. The lowest BCUT2D eigenvalue weighted by molar-refractivity contribution is -0.148. The first-order chi connectivity index (χ1) is 15.2. The van der Waals surface area contributed by atoms with Crippen LogP contribution in [0.2, 0.25) is 0 Å². The van der Waals surface area contributed by atoms with Crippen LogP contribution in [0.1, 0.15) is 43.4 Å². The molecule has 3 heterocycles. The van der Waals surface area contributed by atoms with Gasteiger partial charge in [0.15, 0.2) is 0 Å². The number of esters is 1. The molecule has 0 radical (unpaired) electrons. The standard InChI is InChI=1S/C22H26N4O4S2/c1-5-26-20(28)17(32-22(26)31)11-15-13(3)16(12-23)19(27)24(4)18(15)25-9-7-14(8-10-25)21(29)30-6-2/h11,14H,5-10H2,1-4H3/b17-11-. The van der Waals surface area contributed by atoms with E-state index in [4.69, 9.17) is 17.0 Å². The van der Waals surface area contributed by atoms with Crippen LogP contribution in [0.25, 0.3) is 6.08 Å². The molecule has 2 aliphatic heterocycles. The number of ether oxygens (including phenoxy) is 1. The molecule has 0 bridgehead atoms. The fourth-order valence-electron chi connectivity index (χ4n) is 4.09. The van der Waals surface area contributed by atoms with Gasteiger partial charge < -0.3 is 9.64 Å². The fourth-order valence-corrected chi connectivity index (χ4v) is 5.45. The Morgan fingerprint density at radius 1 is 1.31 bits per heavy atom. The Labute approximate surface area is 196 Å². The van der Waals surface area contributed by atoms with Crippen LogP contribution >= 0.6 is 24.0 Å². The quantitative estimate of drug-likeness (QED) is 0.365. The molecule has 10 heteroatoms. The van der Waals surface area contributed by atoms with E-state index in [0.717, 1.165) is 0 Å². The first-order valence-corrected chi connectivity index (χ1v) is 11.8. The molecule has 2 aliphatic rings. The number of anilines is 1. The van der Waals surface area contributed by atoms with E-state index >= 15 is 0 Å². The normalized spacial score (nSPS) is 18.4. The molecule has 0 saturated carbocycles. The van der Waals surface area contributed by atoms with Gasteiger partial charge in [-0.3, -0.25) is 23.9 Å². The monoisotopic (exact) mass is 474 g/mol. The molecule has 2 saturated heterocycles. The van der Waals surface area contributed by atoms with Crippen molar-refractivity contribution in [2.75, 3.05) is 31.1 Å². The number of thioether (sulfide) groups is 1. The smallest absolute Gasteiger partial charge is 0.309 e. The largest absolute Gasteiger partial charge is 0.466 e. The van der Waals surface area contributed by atoms with E-state index in [0.29, 0.717) is 65.3 Å². The molecule has 0 unspecified atom stereocenters. The lowest BCUT2D eigenvalue weighted by Gasteiger charge is -2.35. The summed E-state index contributed by atoms with van der Waals surface area (Å²) in [4.78, 5) is 41.8. The van der Waals surface area contributed by atoms with Crippen molar-refractivity contribution < 1.29 is 14.3 Å². The molecular weight excluding hydrogens is 448 g/mol. The summed E-state index contributed by atoms with van der Waals surface area (Å²) in [5.41, 5.74) is 0.843. The van der Waals surface area contributed by atoms with Crippen LogP contribution < -0.4 is 10.5 Å². The number of carbonyl (C=O) groups excluding carboxylic acids is 2. The van der Waals surface area contributed by atoms with Crippen molar-refractivity contribution in [2.45, 2.75) is 33.6 Å². The van der Waals surface area contributed by atoms with E-state index in [-0.39, 0.29) is 28.9 Å². The van der Waals surface area contributed by atoms with Crippen molar-refractivity contribution in [3.8, 4) is 6.07 Å². The first kappa shape index (κ1) is 24.0. The number of nitriles is 1. The summed E-state index contributed by atoms with van der Waals surface area (Å²) in [7, 11) is 1.63. The Bertz CT molecular complexity index is 1090. The molecule has 3 rings (SSSR count). The molecule has 1 aromatic heterocycles. The fraction of sp³-hybridized carbons (Fsp3) is 0.500. The van der Waals surface area contributed by atoms with Gasteiger partial charge in [0, 0.05) is 32.2 Å². The van der Waals surface area contributed by atoms with Crippen molar-refractivity contribution >= 4 is 52.1 Å². The molecule has 1 aromatic rings. The zero-order valence-electron chi connectivity index (χ0n) is 18.6. The third kappa shape index (κ3) is 4.32. The van der Waals surface area contributed by atoms with Crippen molar-refractivity contribution in [1.29, 1.82) is 5.26 Å². The van der Waals surface area contributed by atoms with Gasteiger partial charge in [0.1, 0.15) is 21.8 Å². The lowest BCUT2D eigenvalue weighted by Crippen LogP contribution is -2.40. The van der Waals surface area contributed by atoms with Crippen molar-refractivity contribution in [3.05, 3.63) is 31.9 Å². The van der Waals surface area contributed by atoms with E-state index in [1.807, 2.05) is 17.9 Å². The van der Waals surface area contributed by atoms with Gasteiger partial charge in [-0.25, -0.2) is 0 Å². The highest BCUT2D eigenvalue weighted by atomic mass is 32.2. The van der Waals surface area contributed by atoms with E-state index in [2.05, 4.69) is 0 Å². The zero-order chi connectivity index (χ0) is 23.6. The van der Waals surface area contributed by atoms with Crippen LogP contribution in [0.4, 0.5) is 5.82 Å². The molecule has 0 N–H and O–H groups in total. The van der Waals surface area contributed by atoms with Gasteiger partial charge in [-0.2, -0.15) is 5.26 Å². The van der Waals surface area contributed by atoms with Crippen molar-refractivity contribution in [3.63, 3.8) is 0 Å². The summed E-state index contributed by atoms with van der Waals surface area (Å²) in [5.74, 6) is 0.0873. The second-order valence-corrected chi connectivity index (χ2v) is 9.33. The van der Waals surface area contributed by atoms with E-state index < -0.39 is 0 Å². The number of piperidine rings is 1. The number of aromatic nitrogens is 1. The van der Waals surface area contributed by atoms with Crippen LogP contribution in [0, 0.1) is 24.2 Å². The van der Waals surface area contributed by atoms with E-state index in [1.165, 1.54) is 21.2 Å². The lowest BCUT2D eigenvalue weighted by atomic mass is 9.95. The summed E-state index contributed by atoms with van der Waals surface area (Å²) < 4.78 is 7.10. The third-order valence-electron chi connectivity index (χ3n) is 5.85.